The molecule has 0 aromatic carbocycles. The van der Waals surface area contributed by atoms with Gasteiger partial charge in [0.25, 0.3) is 11.8 Å². The fourth-order valence-corrected chi connectivity index (χ4v) is 5.93. The number of aromatic amines is 1. The molecule has 4 heterocycles. The van der Waals surface area contributed by atoms with Crippen molar-refractivity contribution < 1.29 is 53.9 Å². The molecule has 17 heteroatoms. The summed E-state index contributed by atoms with van der Waals surface area (Å²) in [7, 11) is 1.27. The Labute approximate surface area is 221 Å². The minimum Gasteiger partial charge on any atom is -0.543 e. The van der Waals surface area contributed by atoms with Crippen molar-refractivity contribution in [1.82, 2.24) is 30.6 Å². The Bertz CT molecular complexity index is 1120. The molecule has 1 unspecified atom stereocenters. The van der Waals surface area contributed by atoms with E-state index in [1.807, 2.05) is 0 Å². The maximum atomic E-state index is 12.8. The van der Waals surface area contributed by atoms with E-state index in [2.05, 4.69) is 30.9 Å². The summed E-state index contributed by atoms with van der Waals surface area (Å²) in [6.07, 6.45) is 1.51. The standard InChI is InChI=1S/C16H16N8O5S3.Na/c1-29-22-9(7-5-32-16(17)19-7)12(25)20-10-13(26)24-11(15(27)28)6(4-31-14(10)24)3-30-8-2-18-23-21-8;/h2,5,10,14H,3-4H2,1H3,(H2,17,19)(H,20,25)(H,27,28)(H,18,21,23);/q;+1/p-1/b22-9-;/t10?,14-;/m1./s1. The van der Waals surface area contributed by atoms with Crippen molar-refractivity contribution in [2.75, 3.05) is 24.3 Å². The van der Waals surface area contributed by atoms with Gasteiger partial charge in [-0.3, -0.25) is 19.6 Å². The van der Waals surface area contributed by atoms with Gasteiger partial charge < -0.3 is 25.8 Å². The van der Waals surface area contributed by atoms with E-state index in [0.29, 0.717) is 22.1 Å². The Morgan fingerprint density at radius 1 is 1.52 bits per heavy atom. The molecule has 2 aromatic heterocycles. The third kappa shape index (κ3) is 5.20. The number of nitrogen functional groups attached to an aromatic ring is 1. The number of carboxylic acids is 1. The number of rotatable bonds is 8. The normalized spacial score (nSPS) is 20.0. The maximum Gasteiger partial charge on any atom is 1.00 e. The Balaban J connectivity index is 0.00000306. The molecule has 0 saturated carbocycles. The number of hydrogen-bond acceptors (Lipinski definition) is 13. The first-order valence-corrected chi connectivity index (χ1v) is 11.8. The van der Waals surface area contributed by atoms with Gasteiger partial charge in [0.05, 0.1) is 17.9 Å². The number of amides is 2. The first-order valence-electron chi connectivity index (χ1n) is 8.91. The van der Waals surface area contributed by atoms with Gasteiger partial charge >= 0.3 is 29.6 Å². The molecular formula is C16H15N8NaO5S3. The summed E-state index contributed by atoms with van der Waals surface area (Å²) in [5.74, 6) is -2.05. The number of carbonyl (C=O) groups excluding carboxylic acids is 3. The fraction of sp³-hybridized carbons (Fsp3) is 0.312. The number of nitrogens with two attached hydrogens (primary N) is 1. The van der Waals surface area contributed by atoms with E-state index in [-0.39, 0.29) is 51.8 Å². The van der Waals surface area contributed by atoms with Crippen LogP contribution >= 0.6 is 34.9 Å². The number of hydrogen-bond donors (Lipinski definition) is 3. The van der Waals surface area contributed by atoms with Crippen LogP contribution in [0.3, 0.4) is 0 Å². The molecule has 168 valence electrons. The van der Waals surface area contributed by atoms with Crippen molar-refractivity contribution in [1.29, 1.82) is 0 Å². The molecule has 0 radical (unpaired) electrons. The Morgan fingerprint density at radius 2 is 2.30 bits per heavy atom. The van der Waals surface area contributed by atoms with Crippen LogP contribution in [-0.2, 0) is 19.2 Å². The largest absolute Gasteiger partial charge is 1.00 e. The number of anilines is 1. The molecule has 1 saturated heterocycles. The van der Waals surface area contributed by atoms with E-state index in [4.69, 9.17) is 10.6 Å². The zero-order valence-corrected chi connectivity index (χ0v) is 21.8. The predicted octanol–water partition coefficient (Wildman–Crippen LogP) is -4.61. The molecular weight excluding hydrogens is 503 g/mol. The monoisotopic (exact) mass is 518 g/mol. The first-order chi connectivity index (χ1) is 15.4. The van der Waals surface area contributed by atoms with Crippen LogP contribution in [0.15, 0.2) is 33.0 Å². The number of aliphatic carboxylic acids is 1. The molecule has 0 aliphatic carbocycles. The summed E-state index contributed by atoms with van der Waals surface area (Å²) >= 11 is 3.77. The number of H-pyrrole nitrogens is 1. The van der Waals surface area contributed by atoms with Crippen LogP contribution in [-0.4, -0.2) is 78.8 Å². The van der Waals surface area contributed by atoms with Gasteiger partial charge in [0.2, 0.25) is 0 Å². The minimum absolute atomic E-state index is 0. The summed E-state index contributed by atoms with van der Waals surface area (Å²) < 4.78 is 0. The summed E-state index contributed by atoms with van der Waals surface area (Å²) in [5.41, 5.74) is 6.02. The van der Waals surface area contributed by atoms with Gasteiger partial charge in [-0.2, -0.15) is 0 Å². The topological polar surface area (TPSA) is 192 Å². The van der Waals surface area contributed by atoms with Crippen LogP contribution in [0.2, 0.25) is 0 Å². The summed E-state index contributed by atoms with van der Waals surface area (Å²) in [6.45, 7) is 0. The molecule has 1 fully saturated rings. The van der Waals surface area contributed by atoms with Crippen LogP contribution in [0.5, 0.6) is 0 Å². The number of nitrogens with zero attached hydrogens (tertiary/aromatic N) is 5. The molecule has 2 aliphatic rings. The molecule has 2 aromatic rings. The van der Waals surface area contributed by atoms with Gasteiger partial charge in [0.15, 0.2) is 10.8 Å². The number of nitrogens with one attached hydrogen (secondary N) is 2. The van der Waals surface area contributed by atoms with Crippen molar-refractivity contribution >= 4 is 63.5 Å². The molecule has 2 amide bonds. The molecule has 0 spiro atoms. The van der Waals surface area contributed by atoms with E-state index in [1.54, 1.807) is 0 Å². The van der Waals surface area contributed by atoms with Gasteiger partial charge in [-0.1, -0.05) is 10.4 Å². The molecule has 0 bridgehead atoms. The Kier molecular flexibility index (Phi) is 8.41. The van der Waals surface area contributed by atoms with Crippen LogP contribution in [0, 0.1) is 0 Å². The Hall–Kier alpha value is -2.11. The Morgan fingerprint density at radius 3 is 2.91 bits per heavy atom. The van der Waals surface area contributed by atoms with Crippen molar-refractivity contribution in [3.63, 3.8) is 0 Å². The molecule has 4 rings (SSSR count). The zero-order chi connectivity index (χ0) is 22.8. The van der Waals surface area contributed by atoms with Gasteiger partial charge in [0, 0.05) is 16.9 Å². The van der Waals surface area contributed by atoms with Crippen LogP contribution in [0.25, 0.3) is 0 Å². The minimum atomic E-state index is -1.45. The molecule has 33 heavy (non-hydrogen) atoms. The van der Waals surface area contributed by atoms with Crippen LogP contribution in [0.1, 0.15) is 5.69 Å². The average molecular weight is 519 g/mol. The second-order valence-electron chi connectivity index (χ2n) is 6.40. The third-order valence-corrected chi connectivity index (χ3v) is 7.50. The van der Waals surface area contributed by atoms with Gasteiger partial charge in [-0.05, 0) is 5.57 Å². The molecule has 13 nitrogen and oxygen atoms in total. The quantitative estimate of drug-likeness (QED) is 0.100. The van der Waals surface area contributed by atoms with Gasteiger partial charge in [-0.25, -0.2) is 4.98 Å². The number of β-lactam (4-membered cyclic amide) rings is 1. The molecule has 2 aliphatic heterocycles. The number of aromatic nitrogens is 4. The number of thiazole rings is 1. The third-order valence-electron chi connectivity index (χ3n) is 4.48. The molecule has 4 N–H and O–H groups in total. The number of carboxylic acid groups (broad SMARTS) is 1. The van der Waals surface area contributed by atoms with Gasteiger partial charge in [-0.15, -0.1) is 40.0 Å². The summed E-state index contributed by atoms with van der Waals surface area (Å²) in [6, 6.07) is -0.939. The van der Waals surface area contributed by atoms with E-state index >= 15 is 0 Å². The predicted molar refractivity (Wildman–Crippen MR) is 114 cm³/mol. The van der Waals surface area contributed by atoms with Crippen molar-refractivity contribution in [3.05, 3.63) is 28.5 Å². The van der Waals surface area contributed by atoms with Crippen LogP contribution < -0.4 is 45.7 Å². The second-order valence-corrected chi connectivity index (χ2v) is 9.42. The van der Waals surface area contributed by atoms with E-state index in [1.165, 1.54) is 42.2 Å². The average Bonchev–Trinajstić information content (AvgIpc) is 3.45. The number of thioether (sulfide) groups is 2. The van der Waals surface area contributed by atoms with E-state index < -0.39 is 29.2 Å². The van der Waals surface area contributed by atoms with Crippen molar-refractivity contribution in [3.8, 4) is 0 Å². The summed E-state index contributed by atoms with van der Waals surface area (Å²) in [4.78, 5) is 47.2. The SMILES string of the molecule is CO/N=C(\C(=O)NC1C(=O)N2C(C(=O)[O-])=C(CSc3cnn[nH]3)CS[C@H]12)c1csc(N)n1.[Na+]. The van der Waals surface area contributed by atoms with E-state index in [9.17, 15) is 19.5 Å². The summed E-state index contributed by atoms with van der Waals surface area (Å²) in [5, 5.41) is 29.9. The van der Waals surface area contributed by atoms with Crippen molar-refractivity contribution in [2.45, 2.75) is 16.4 Å². The molecule has 2 atom stereocenters. The smallest absolute Gasteiger partial charge is 0.543 e. The number of fused-ring (bicyclic) bond motifs is 1. The maximum absolute atomic E-state index is 12.8. The van der Waals surface area contributed by atoms with E-state index in [0.717, 1.165) is 16.2 Å². The van der Waals surface area contributed by atoms with Crippen LogP contribution in [0.4, 0.5) is 5.13 Å². The second kappa shape index (κ2) is 10.9. The number of carbonyl (C=O) groups is 3. The van der Waals surface area contributed by atoms with Crippen molar-refractivity contribution in [2.24, 2.45) is 5.16 Å². The zero-order valence-electron chi connectivity index (χ0n) is 17.3. The first kappa shape index (κ1) is 25.5. The fourth-order valence-electron chi connectivity index (χ4n) is 3.11. The van der Waals surface area contributed by atoms with Gasteiger partial charge in [0.1, 0.15) is 29.2 Å². The number of oxime groups is 1.